The summed E-state index contributed by atoms with van der Waals surface area (Å²) >= 11 is 0. The van der Waals surface area contributed by atoms with E-state index >= 15 is 0 Å². The lowest BCUT2D eigenvalue weighted by molar-refractivity contribution is -0.142. The highest BCUT2D eigenvalue weighted by Crippen LogP contribution is 2.14. The minimum atomic E-state index is -0.271. The van der Waals surface area contributed by atoms with Crippen LogP contribution in [0.1, 0.15) is 12.8 Å². The molecular formula is C10H17N3O2. The van der Waals surface area contributed by atoms with Gasteiger partial charge in [0.25, 0.3) is 0 Å². The Morgan fingerprint density at radius 3 is 3.13 bits per heavy atom. The Bertz CT molecular complexity index is 272. The van der Waals surface area contributed by atoms with Crippen molar-refractivity contribution in [3.05, 3.63) is 0 Å². The van der Waals surface area contributed by atoms with Gasteiger partial charge in [-0.3, -0.25) is 4.99 Å². The van der Waals surface area contributed by atoms with Crippen LogP contribution in [0.15, 0.2) is 4.99 Å². The van der Waals surface area contributed by atoms with Crippen LogP contribution in [0.4, 0.5) is 0 Å². The summed E-state index contributed by atoms with van der Waals surface area (Å²) in [6.45, 7) is 2.56. The molecule has 0 saturated carbocycles. The van der Waals surface area contributed by atoms with E-state index in [1.54, 1.807) is 0 Å². The van der Waals surface area contributed by atoms with Gasteiger partial charge in [0.05, 0.1) is 13.7 Å². The lowest BCUT2D eigenvalue weighted by Crippen LogP contribution is -2.44. The molecule has 0 aromatic heterocycles. The number of esters is 1. The lowest BCUT2D eigenvalue weighted by atomic mass is 9.98. The average molecular weight is 211 g/mol. The Balaban J connectivity index is 1.88. The average Bonchev–Trinajstić information content (AvgIpc) is 2.78. The van der Waals surface area contributed by atoms with E-state index in [1.165, 1.54) is 13.5 Å². The number of hydrogen-bond donors (Lipinski definition) is 2. The van der Waals surface area contributed by atoms with Crippen LogP contribution in [0.25, 0.3) is 0 Å². The summed E-state index contributed by atoms with van der Waals surface area (Å²) in [5, 5.41) is 6.48. The molecule has 2 atom stereocenters. The molecule has 2 aliphatic rings. The fourth-order valence-electron chi connectivity index (χ4n) is 2.07. The van der Waals surface area contributed by atoms with Crippen molar-refractivity contribution in [3.8, 4) is 0 Å². The van der Waals surface area contributed by atoms with Crippen LogP contribution in [0, 0.1) is 5.92 Å². The van der Waals surface area contributed by atoms with Crippen LogP contribution in [0.3, 0.4) is 0 Å². The lowest BCUT2D eigenvalue weighted by Gasteiger charge is -2.23. The molecular weight excluding hydrogens is 194 g/mol. The third kappa shape index (κ3) is 2.28. The van der Waals surface area contributed by atoms with Crippen LogP contribution < -0.4 is 10.6 Å². The number of carbonyl (C=O) groups is 1. The Morgan fingerprint density at radius 2 is 2.47 bits per heavy atom. The topological polar surface area (TPSA) is 62.7 Å². The molecule has 2 aliphatic heterocycles. The van der Waals surface area contributed by atoms with Gasteiger partial charge in [0.2, 0.25) is 0 Å². The molecule has 1 fully saturated rings. The highest BCUT2D eigenvalue weighted by atomic mass is 16.5. The Labute approximate surface area is 89.3 Å². The zero-order chi connectivity index (χ0) is 10.7. The number of piperidine rings is 1. The first-order chi connectivity index (χ1) is 7.31. The predicted molar refractivity (Wildman–Crippen MR) is 56.8 cm³/mol. The van der Waals surface area contributed by atoms with Gasteiger partial charge in [-0.25, -0.2) is 4.79 Å². The van der Waals surface area contributed by atoms with Crippen LogP contribution in [-0.2, 0) is 9.53 Å². The van der Waals surface area contributed by atoms with Crippen LogP contribution >= 0.6 is 0 Å². The quantitative estimate of drug-likeness (QED) is 0.606. The Hall–Kier alpha value is -1.10. The number of aliphatic imine (C=N–C) groups is 1. The second-order valence-electron chi connectivity index (χ2n) is 3.99. The number of nitrogens with zero attached hydrogens (tertiary/aromatic N) is 1. The summed E-state index contributed by atoms with van der Waals surface area (Å²) in [4.78, 5) is 15.6. The SMILES string of the molecule is COC(=O)C1CN=C(C2CCCNC2)N1. The van der Waals surface area contributed by atoms with Gasteiger partial charge in [0, 0.05) is 12.5 Å². The van der Waals surface area contributed by atoms with E-state index in [1.807, 2.05) is 0 Å². The van der Waals surface area contributed by atoms with E-state index in [-0.39, 0.29) is 12.0 Å². The number of hydrogen-bond acceptors (Lipinski definition) is 5. The maximum absolute atomic E-state index is 11.3. The highest BCUT2D eigenvalue weighted by molar-refractivity contribution is 5.92. The van der Waals surface area contributed by atoms with Crippen molar-refractivity contribution in [1.29, 1.82) is 0 Å². The van der Waals surface area contributed by atoms with Gasteiger partial charge >= 0.3 is 5.97 Å². The Morgan fingerprint density at radius 1 is 1.60 bits per heavy atom. The maximum atomic E-state index is 11.3. The van der Waals surface area contributed by atoms with E-state index < -0.39 is 0 Å². The largest absolute Gasteiger partial charge is 0.467 e. The second-order valence-corrected chi connectivity index (χ2v) is 3.99. The molecule has 84 valence electrons. The van der Waals surface area contributed by atoms with Crippen LogP contribution in [-0.4, -0.2) is 44.6 Å². The van der Waals surface area contributed by atoms with Crippen LogP contribution in [0.2, 0.25) is 0 Å². The second kappa shape index (κ2) is 4.61. The van der Waals surface area contributed by atoms with Gasteiger partial charge < -0.3 is 15.4 Å². The first kappa shape index (κ1) is 10.4. The summed E-state index contributed by atoms with van der Waals surface area (Å²) in [6.07, 6.45) is 2.32. The summed E-state index contributed by atoms with van der Waals surface area (Å²) in [6, 6.07) is -0.271. The molecule has 0 amide bonds. The van der Waals surface area contributed by atoms with Gasteiger partial charge in [-0.05, 0) is 19.4 Å². The zero-order valence-corrected chi connectivity index (χ0v) is 8.95. The minimum absolute atomic E-state index is 0.225. The molecule has 0 aliphatic carbocycles. The molecule has 2 N–H and O–H groups in total. The first-order valence-corrected chi connectivity index (χ1v) is 5.40. The summed E-state index contributed by atoms with van der Waals surface area (Å²) in [5.41, 5.74) is 0. The molecule has 0 aromatic rings. The van der Waals surface area contributed by atoms with Crippen molar-refractivity contribution in [2.75, 3.05) is 26.7 Å². The molecule has 0 aromatic carbocycles. The molecule has 0 spiro atoms. The number of rotatable bonds is 2. The van der Waals surface area contributed by atoms with Gasteiger partial charge in [-0.1, -0.05) is 0 Å². The van der Waals surface area contributed by atoms with E-state index in [2.05, 4.69) is 20.4 Å². The van der Waals surface area contributed by atoms with Gasteiger partial charge in [0.15, 0.2) is 0 Å². The molecule has 2 rings (SSSR count). The van der Waals surface area contributed by atoms with Gasteiger partial charge in [0.1, 0.15) is 11.9 Å². The van der Waals surface area contributed by atoms with E-state index in [0.717, 1.165) is 25.3 Å². The summed E-state index contributed by atoms with van der Waals surface area (Å²) < 4.78 is 4.68. The first-order valence-electron chi connectivity index (χ1n) is 5.40. The normalized spacial score (nSPS) is 30.6. The van der Waals surface area contributed by atoms with Crippen molar-refractivity contribution in [2.45, 2.75) is 18.9 Å². The number of methoxy groups -OCH3 is 1. The van der Waals surface area contributed by atoms with Crippen LogP contribution in [0.5, 0.6) is 0 Å². The maximum Gasteiger partial charge on any atom is 0.330 e. The molecule has 1 saturated heterocycles. The fourth-order valence-corrected chi connectivity index (χ4v) is 2.07. The molecule has 15 heavy (non-hydrogen) atoms. The Kier molecular flexibility index (Phi) is 3.20. The van der Waals surface area contributed by atoms with Crippen molar-refractivity contribution in [1.82, 2.24) is 10.6 Å². The smallest absolute Gasteiger partial charge is 0.330 e. The highest BCUT2D eigenvalue weighted by Gasteiger charge is 2.29. The van der Waals surface area contributed by atoms with Crippen molar-refractivity contribution in [2.24, 2.45) is 10.9 Å². The zero-order valence-electron chi connectivity index (χ0n) is 8.95. The van der Waals surface area contributed by atoms with E-state index in [4.69, 9.17) is 0 Å². The van der Waals surface area contributed by atoms with Crippen molar-refractivity contribution >= 4 is 11.8 Å². The third-order valence-electron chi connectivity index (χ3n) is 2.94. The van der Waals surface area contributed by atoms with Crippen molar-refractivity contribution in [3.63, 3.8) is 0 Å². The van der Waals surface area contributed by atoms with E-state index in [0.29, 0.717) is 12.5 Å². The number of ether oxygens (including phenoxy) is 1. The number of nitrogens with one attached hydrogen (secondary N) is 2. The molecule has 2 heterocycles. The van der Waals surface area contributed by atoms with E-state index in [9.17, 15) is 4.79 Å². The number of amidine groups is 1. The predicted octanol–water partition coefficient (Wildman–Crippen LogP) is -0.471. The van der Waals surface area contributed by atoms with Gasteiger partial charge in [-0.15, -0.1) is 0 Å². The van der Waals surface area contributed by atoms with Gasteiger partial charge in [-0.2, -0.15) is 0 Å². The standard InChI is InChI=1S/C10H17N3O2/c1-15-10(14)8-6-12-9(13-8)7-3-2-4-11-5-7/h7-8,11H,2-6H2,1H3,(H,12,13). The summed E-state index contributed by atoms with van der Waals surface area (Å²) in [7, 11) is 1.41. The molecule has 5 nitrogen and oxygen atoms in total. The minimum Gasteiger partial charge on any atom is -0.467 e. The fraction of sp³-hybridized carbons (Fsp3) is 0.800. The third-order valence-corrected chi connectivity index (χ3v) is 2.94. The molecule has 0 bridgehead atoms. The van der Waals surface area contributed by atoms with Crippen molar-refractivity contribution < 1.29 is 9.53 Å². The number of carbonyl (C=O) groups excluding carboxylic acids is 1. The monoisotopic (exact) mass is 211 g/mol. The summed E-state index contributed by atoms with van der Waals surface area (Å²) in [5.74, 6) is 1.18. The molecule has 0 radical (unpaired) electrons. The molecule has 5 heteroatoms. The molecule has 2 unspecified atom stereocenters.